The molecule has 2 aliphatic rings. The molecule has 1 saturated carbocycles. The third kappa shape index (κ3) is 6.43. The number of anilines is 1. The Bertz CT molecular complexity index is 620. The van der Waals surface area contributed by atoms with E-state index >= 15 is 0 Å². The lowest BCUT2D eigenvalue weighted by atomic mass is 9.78. The van der Waals surface area contributed by atoms with Crippen LogP contribution in [-0.2, 0) is 14.3 Å². The highest BCUT2D eigenvalue weighted by atomic mass is 16.5. The summed E-state index contributed by atoms with van der Waals surface area (Å²) in [4.78, 5) is 15.4. The first-order valence-electron chi connectivity index (χ1n) is 11.1. The number of nitrogens with zero attached hydrogens (tertiary/aromatic N) is 1. The van der Waals surface area contributed by atoms with Gasteiger partial charge in [-0.2, -0.15) is 0 Å². The summed E-state index contributed by atoms with van der Waals surface area (Å²) in [5, 5.41) is 3.05. The summed E-state index contributed by atoms with van der Waals surface area (Å²) in [5.74, 6) is 1.47. The largest absolute Gasteiger partial charge is 0.494 e. The first-order valence-corrected chi connectivity index (χ1v) is 11.1. The minimum Gasteiger partial charge on any atom is -0.494 e. The Balaban J connectivity index is 1.44. The van der Waals surface area contributed by atoms with Crippen molar-refractivity contribution in [3.63, 3.8) is 0 Å². The number of hydrogen-bond donors (Lipinski definition) is 1. The van der Waals surface area contributed by atoms with Crippen molar-refractivity contribution in [3.8, 4) is 5.75 Å². The molecule has 29 heavy (non-hydrogen) atoms. The summed E-state index contributed by atoms with van der Waals surface area (Å²) < 4.78 is 17.2. The molecule has 6 heteroatoms. The molecule has 1 aliphatic heterocycles. The molecular formula is C23H36N2O4. The van der Waals surface area contributed by atoms with Crippen molar-refractivity contribution in [2.75, 3.05) is 51.4 Å². The summed E-state index contributed by atoms with van der Waals surface area (Å²) in [7, 11) is 0. The standard InChI is InChI=1S/C23H36N2O4/c1-3-29-23(11-9-19(2)10-12-23)22(26)24-20-5-7-21(8-6-20)28-16-4-13-25-14-17-27-18-15-25/h5-8,19H,3-4,9-18H2,1-2H3,(H,24,26). The van der Waals surface area contributed by atoms with Crippen LogP contribution in [0.5, 0.6) is 5.75 Å². The average molecular weight is 405 g/mol. The molecule has 1 aromatic carbocycles. The molecule has 1 saturated heterocycles. The first kappa shape index (κ1) is 22.1. The predicted molar refractivity (Wildman–Crippen MR) is 114 cm³/mol. The smallest absolute Gasteiger partial charge is 0.256 e. The SMILES string of the molecule is CCOC1(C(=O)Nc2ccc(OCCCN3CCOCC3)cc2)CCC(C)CC1. The Morgan fingerprint density at radius 1 is 1.21 bits per heavy atom. The van der Waals surface area contributed by atoms with E-state index in [0.29, 0.717) is 19.1 Å². The predicted octanol–water partition coefficient (Wildman–Crippen LogP) is 3.71. The Labute approximate surface area is 174 Å². The van der Waals surface area contributed by atoms with Gasteiger partial charge in [0.1, 0.15) is 11.4 Å². The quantitative estimate of drug-likeness (QED) is 0.636. The molecule has 1 N–H and O–H groups in total. The maximum absolute atomic E-state index is 13.0. The second kappa shape index (κ2) is 11.0. The second-order valence-corrected chi connectivity index (χ2v) is 8.24. The number of carbonyl (C=O) groups is 1. The molecular weight excluding hydrogens is 368 g/mol. The van der Waals surface area contributed by atoms with E-state index in [0.717, 1.165) is 76.4 Å². The number of rotatable bonds is 9. The van der Waals surface area contributed by atoms with E-state index < -0.39 is 5.60 Å². The molecule has 0 radical (unpaired) electrons. The summed E-state index contributed by atoms with van der Waals surface area (Å²) in [5.41, 5.74) is 0.101. The molecule has 162 valence electrons. The molecule has 1 aromatic rings. The van der Waals surface area contributed by atoms with Gasteiger partial charge in [0.25, 0.3) is 5.91 Å². The summed E-state index contributed by atoms with van der Waals surface area (Å²) in [6.45, 7) is 10.2. The number of ether oxygens (including phenoxy) is 3. The molecule has 1 amide bonds. The Kier molecular flexibility index (Phi) is 8.33. The maximum Gasteiger partial charge on any atom is 0.256 e. The number of nitrogens with one attached hydrogen (secondary N) is 1. The van der Waals surface area contributed by atoms with E-state index in [1.807, 2.05) is 31.2 Å². The van der Waals surface area contributed by atoms with Gasteiger partial charge in [-0.15, -0.1) is 0 Å². The Morgan fingerprint density at radius 2 is 1.90 bits per heavy atom. The van der Waals surface area contributed by atoms with Crippen LogP contribution >= 0.6 is 0 Å². The lowest BCUT2D eigenvalue weighted by Crippen LogP contribution is -2.48. The van der Waals surface area contributed by atoms with Crippen molar-refractivity contribution in [2.24, 2.45) is 5.92 Å². The van der Waals surface area contributed by atoms with E-state index in [1.165, 1.54) is 0 Å². The van der Waals surface area contributed by atoms with Crippen LogP contribution in [0.3, 0.4) is 0 Å². The van der Waals surface area contributed by atoms with Gasteiger partial charge in [-0.25, -0.2) is 0 Å². The number of morpholine rings is 1. The molecule has 0 atom stereocenters. The van der Waals surface area contributed by atoms with E-state index in [-0.39, 0.29) is 5.91 Å². The Morgan fingerprint density at radius 3 is 2.55 bits per heavy atom. The minimum absolute atomic E-state index is 0.0228. The van der Waals surface area contributed by atoms with Crippen LogP contribution in [0.2, 0.25) is 0 Å². The third-order valence-corrected chi connectivity index (χ3v) is 6.02. The van der Waals surface area contributed by atoms with Gasteiger partial charge in [-0.3, -0.25) is 9.69 Å². The number of benzene rings is 1. The number of carbonyl (C=O) groups excluding carboxylic acids is 1. The van der Waals surface area contributed by atoms with Gasteiger partial charge in [-0.1, -0.05) is 6.92 Å². The zero-order valence-corrected chi connectivity index (χ0v) is 18.0. The van der Waals surface area contributed by atoms with Crippen LogP contribution < -0.4 is 10.1 Å². The molecule has 2 fully saturated rings. The van der Waals surface area contributed by atoms with Crippen molar-refractivity contribution < 1.29 is 19.0 Å². The van der Waals surface area contributed by atoms with Crippen LogP contribution in [-0.4, -0.2) is 62.5 Å². The number of amides is 1. The van der Waals surface area contributed by atoms with Gasteiger partial charge in [0, 0.05) is 31.9 Å². The zero-order valence-electron chi connectivity index (χ0n) is 18.0. The van der Waals surface area contributed by atoms with E-state index in [2.05, 4.69) is 17.1 Å². The fourth-order valence-corrected chi connectivity index (χ4v) is 4.12. The van der Waals surface area contributed by atoms with Crippen LogP contribution in [0, 0.1) is 5.92 Å². The lowest BCUT2D eigenvalue weighted by molar-refractivity contribution is -0.146. The fourth-order valence-electron chi connectivity index (χ4n) is 4.12. The first-order chi connectivity index (χ1) is 14.1. The van der Waals surface area contributed by atoms with Crippen molar-refractivity contribution in [3.05, 3.63) is 24.3 Å². The van der Waals surface area contributed by atoms with Crippen LogP contribution in [0.15, 0.2) is 24.3 Å². The van der Waals surface area contributed by atoms with E-state index in [1.54, 1.807) is 0 Å². The van der Waals surface area contributed by atoms with Gasteiger partial charge in [0.2, 0.25) is 0 Å². The zero-order chi connectivity index (χ0) is 20.5. The molecule has 0 bridgehead atoms. The van der Waals surface area contributed by atoms with Gasteiger partial charge in [-0.05, 0) is 69.2 Å². The van der Waals surface area contributed by atoms with Gasteiger partial charge in [0.05, 0.1) is 19.8 Å². The molecule has 1 heterocycles. The molecule has 6 nitrogen and oxygen atoms in total. The van der Waals surface area contributed by atoms with Crippen LogP contribution in [0.1, 0.15) is 46.0 Å². The Hall–Kier alpha value is -1.63. The van der Waals surface area contributed by atoms with Gasteiger partial charge in [0.15, 0.2) is 0 Å². The van der Waals surface area contributed by atoms with E-state index in [9.17, 15) is 4.79 Å². The molecule has 0 aromatic heterocycles. The number of hydrogen-bond acceptors (Lipinski definition) is 5. The second-order valence-electron chi connectivity index (χ2n) is 8.24. The minimum atomic E-state index is -0.685. The lowest BCUT2D eigenvalue weighted by Gasteiger charge is -2.37. The van der Waals surface area contributed by atoms with Gasteiger partial charge < -0.3 is 19.5 Å². The van der Waals surface area contributed by atoms with Crippen molar-refractivity contribution in [2.45, 2.75) is 51.6 Å². The van der Waals surface area contributed by atoms with Crippen molar-refractivity contribution >= 4 is 11.6 Å². The molecule has 0 unspecified atom stereocenters. The maximum atomic E-state index is 13.0. The average Bonchev–Trinajstić information content (AvgIpc) is 2.75. The molecule has 3 rings (SSSR count). The highest BCUT2D eigenvalue weighted by molar-refractivity contribution is 5.97. The fraction of sp³-hybridized carbons (Fsp3) is 0.696. The van der Waals surface area contributed by atoms with Crippen molar-refractivity contribution in [1.82, 2.24) is 4.90 Å². The summed E-state index contributed by atoms with van der Waals surface area (Å²) in [6.07, 6.45) is 4.64. The summed E-state index contributed by atoms with van der Waals surface area (Å²) >= 11 is 0. The highest BCUT2D eigenvalue weighted by Crippen LogP contribution is 2.36. The van der Waals surface area contributed by atoms with Crippen molar-refractivity contribution in [1.29, 1.82) is 0 Å². The third-order valence-electron chi connectivity index (χ3n) is 6.02. The van der Waals surface area contributed by atoms with Crippen LogP contribution in [0.4, 0.5) is 5.69 Å². The van der Waals surface area contributed by atoms with E-state index in [4.69, 9.17) is 14.2 Å². The monoisotopic (exact) mass is 404 g/mol. The normalized spacial score (nSPS) is 25.5. The molecule has 1 aliphatic carbocycles. The topological polar surface area (TPSA) is 60.0 Å². The van der Waals surface area contributed by atoms with Crippen LogP contribution in [0.25, 0.3) is 0 Å². The van der Waals surface area contributed by atoms with Gasteiger partial charge >= 0.3 is 0 Å². The highest BCUT2D eigenvalue weighted by Gasteiger charge is 2.41. The summed E-state index contributed by atoms with van der Waals surface area (Å²) in [6, 6.07) is 7.64. The molecule has 0 spiro atoms.